The van der Waals surface area contributed by atoms with Crippen molar-refractivity contribution in [2.45, 2.75) is 10.8 Å². The minimum atomic E-state index is -0.620. The summed E-state index contributed by atoms with van der Waals surface area (Å²) in [4.78, 5) is 2.56. The van der Waals surface area contributed by atoms with Crippen LogP contribution in [0.5, 0.6) is 0 Å². The first-order valence-electron chi connectivity index (χ1n) is 28.2. The molecule has 0 bridgehead atoms. The Morgan fingerprint density at radius 3 is 1.70 bits per heavy atom. The Balaban J connectivity index is 0.903. The number of fused-ring (bicyclic) bond motifs is 27. The van der Waals surface area contributed by atoms with Gasteiger partial charge in [-0.05, 0) is 137 Å². The van der Waals surface area contributed by atoms with Gasteiger partial charge < -0.3 is 13.9 Å². The molecule has 1 unspecified atom stereocenters. The van der Waals surface area contributed by atoms with Crippen LogP contribution < -0.4 is 4.90 Å². The number of nitrogens with zero attached hydrogens (tertiary/aromatic N) is 2. The Kier molecular flexibility index (Phi) is 8.39. The lowest BCUT2D eigenvalue weighted by molar-refractivity contribution is 0.670. The average Bonchev–Trinajstić information content (AvgIpc) is 4.42. The topological polar surface area (TPSA) is 21.3 Å². The molecule has 0 radical (unpaired) electrons. The number of rotatable bonds is 4. The summed E-state index contributed by atoms with van der Waals surface area (Å²) in [6, 6.07) is 105. The molecule has 2 aromatic heterocycles. The Hall–Kier alpha value is -10.5. The third kappa shape index (κ3) is 5.30. The van der Waals surface area contributed by atoms with Crippen molar-refractivity contribution in [3.8, 4) is 50.2 Å². The zero-order valence-corrected chi connectivity index (χ0v) is 43.9. The highest BCUT2D eigenvalue weighted by atomic mass is 16.3. The molecule has 1 atom stereocenters. The zero-order valence-electron chi connectivity index (χ0n) is 43.9. The van der Waals surface area contributed by atoms with Crippen molar-refractivity contribution in [2.75, 3.05) is 4.90 Å². The molecule has 0 fully saturated rings. The van der Waals surface area contributed by atoms with E-state index in [1.807, 2.05) is 6.07 Å². The van der Waals surface area contributed by atoms with Gasteiger partial charge in [0.25, 0.3) is 0 Å². The van der Waals surface area contributed by atoms with Crippen LogP contribution in [0.15, 0.2) is 283 Å². The second-order valence-electron chi connectivity index (χ2n) is 22.5. The van der Waals surface area contributed by atoms with Crippen LogP contribution in [0.1, 0.15) is 44.5 Å². The first-order chi connectivity index (χ1) is 40.2. The molecular weight excluding hydrogens is 981 g/mol. The fourth-order valence-corrected chi connectivity index (χ4v) is 16.0. The highest BCUT2D eigenvalue weighted by molar-refractivity contribution is 6.14. The Morgan fingerprint density at radius 1 is 0.321 bits per heavy atom. The minimum absolute atomic E-state index is 0.559. The predicted octanol–water partition coefficient (Wildman–Crippen LogP) is 20.0. The maximum atomic E-state index is 6.66. The number of hydrogen-bond donors (Lipinski definition) is 0. The van der Waals surface area contributed by atoms with Gasteiger partial charge in [0, 0.05) is 44.0 Å². The molecule has 4 aliphatic rings. The van der Waals surface area contributed by atoms with Gasteiger partial charge in [-0.3, -0.25) is 0 Å². The molecule has 0 N–H and O–H groups in total. The lowest BCUT2D eigenvalue weighted by Gasteiger charge is -2.39. The van der Waals surface area contributed by atoms with Crippen molar-refractivity contribution in [1.29, 1.82) is 0 Å². The van der Waals surface area contributed by atoms with Gasteiger partial charge in [-0.2, -0.15) is 0 Å². The van der Waals surface area contributed by atoms with Gasteiger partial charge in [0.05, 0.1) is 33.2 Å². The normalized spacial score (nSPS) is 15.3. The maximum absolute atomic E-state index is 6.66. The molecule has 3 heterocycles. The molecule has 15 aromatic rings. The SMILES string of the molecule is c1ccc2c(c1)-c1ccccc1C21c2cc(N(c3ccc(-c4cccc5c4oc4ccccc45)cc3)c3cccc4c3-c3ccccc3C43c4ccccc4-n4c5ccccc5c5cccc3c54)ccc2-c2c1ccc1ccccc21. The smallest absolute Gasteiger partial charge is 0.143 e. The number of anilines is 3. The molecule has 0 saturated carbocycles. The number of hydrogen-bond acceptors (Lipinski definition) is 2. The van der Waals surface area contributed by atoms with E-state index in [2.05, 4.69) is 282 Å². The standard InChI is InChI=1S/C78H46N2O/c1-2-19-51-47(18-1)40-45-66-73(51)60-44-43-50(46-68(60)77(66)61-28-8-3-20-53(61)54-21-4-9-29-62(54)77)79(49-41-38-48(39-42-49)52-25-15-27-58-56-23-7-14-37-72(56)81-76(52)58)71-36-17-32-65-74(71)59-24-5-10-30-63(59)78(65)64-31-11-13-35-70(64)80-69-34-12-6-22-55(69)57-26-16-33-67(78)75(57)80/h1-46H. The Labute approximate surface area is 467 Å². The summed E-state index contributed by atoms with van der Waals surface area (Å²) in [5, 5.41) is 7.32. The summed E-state index contributed by atoms with van der Waals surface area (Å²) < 4.78 is 9.19. The molecule has 3 aliphatic carbocycles. The molecule has 81 heavy (non-hydrogen) atoms. The first kappa shape index (κ1) is 43.5. The van der Waals surface area contributed by atoms with E-state index < -0.39 is 10.8 Å². The Bertz CT molecular complexity index is 5220. The second-order valence-corrected chi connectivity index (χ2v) is 22.5. The molecule has 3 heteroatoms. The van der Waals surface area contributed by atoms with E-state index in [-0.39, 0.29) is 0 Å². The average molecular weight is 1030 g/mol. The predicted molar refractivity (Wildman–Crippen MR) is 333 cm³/mol. The van der Waals surface area contributed by atoms with E-state index in [4.69, 9.17) is 4.42 Å². The van der Waals surface area contributed by atoms with Crippen LogP contribution in [-0.4, -0.2) is 4.57 Å². The fraction of sp³-hybridized carbons (Fsp3) is 0.0256. The van der Waals surface area contributed by atoms with Gasteiger partial charge in [0.15, 0.2) is 0 Å². The summed E-state index contributed by atoms with van der Waals surface area (Å²) in [5.74, 6) is 0. The lowest BCUT2D eigenvalue weighted by atomic mass is 9.65. The van der Waals surface area contributed by atoms with Crippen molar-refractivity contribution in [2.24, 2.45) is 0 Å². The van der Waals surface area contributed by atoms with Crippen LogP contribution in [0, 0.1) is 0 Å². The summed E-state index contributed by atoms with van der Waals surface area (Å²) in [5.41, 5.74) is 27.9. The lowest BCUT2D eigenvalue weighted by Crippen LogP contribution is -2.33. The molecule has 2 spiro atoms. The highest BCUT2D eigenvalue weighted by Gasteiger charge is 2.54. The third-order valence-electron chi connectivity index (χ3n) is 19.0. The molecule has 374 valence electrons. The van der Waals surface area contributed by atoms with Crippen LogP contribution in [0.4, 0.5) is 17.1 Å². The van der Waals surface area contributed by atoms with E-state index in [9.17, 15) is 0 Å². The summed E-state index contributed by atoms with van der Waals surface area (Å²) in [6.07, 6.45) is 0. The summed E-state index contributed by atoms with van der Waals surface area (Å²) in [7, 11) is 0. The van der Waals surface area contributed by atoms with Crippen molar-refractivity contribution in [1.82, 2.24) is 4.57 Å². The van der Waals surface area contributed by atoms with Gasteiger partial charge in [0.2, 0.25) is 0 Å². The van der Waals surface area contributed by atoms with Crippen molar-refractivity contribution in [3.63, 3.8) is 0 Å². The first-order valence-corrected chi connectivity index (χ1v) is 28.2. The minimum Gasteiger partial charge on any atom is -0.455 e. The van der Waals surface area contributed by atoms with E-state index in [0.29, 0.717) is 0 Å². The molecule has 0 amide bonds. The fourth-order valence-electron chi connectivity index (χ4n) is 16.0. The van der Waals surface area contributed by atoms with Crippen molar-refractivity contribution < 1.29 is 4.42 Å². The van der Waals surface area contributed by atoms with Crippen molar-refractivity contribution in [3.05, 3.63) is 324 Å². The largest absolute Gasteiger partial charge is 0.455 e. The molecule has 19 rings (SSSR count). The van der Waals surface area contributed by atoms with Gasteiger partial charge >= 0.3 is 0 Å². The number of furan rings is 1. The monoisotopic (exact) mass is 1030 g/mol. The van der Waals surface area contributed by atoms with Gasteiger partial charge in [-0.15, -0.1) is 0 Å². The molecular formula is C78H46N2O. The molecule has 0 saturated heterocycles. The van der Waals surface area contributed by atoms with Crippen molar-refractivity contribution >= 4 is 71.6 Å². The zero-order chi connectivity index (χ0) is 52.7. The third-order valence-corrected chi connectivity index (χ3v) is 19.0. The van der Waals surface area contributed by atoms with Gasteiger partial charge in [-0.1, -0.05) is 231 Å². The van der Waals surface area contributed by atoms with E-state index in [1.165, 1.54) is 116 Å². The number of benzene rings is 13. The van der Waals surface area contributed by atoms with E-state index in [1.54, 1.807) is 0 Å². The molecule has 3 nitrogen and oxygen atoms in total. The van der Waals surface area contributed by atoms with E-state index >= 15 is 0 Å². The van der Waals surface area contributed by atoms with Crippen LogP contribution in [0.25, 0.3) is 105 Å². The van der Waals surface area contributed by atoms with Crippen LogP contribution >= 0.6 is 0 Å². The van der Waals surface area contributed by atoms with Crippen LogP contribution in [0.2, 0.25) is 0 Å². The summed E-state index contributed by atoms with van der Waals surface area (Å²) >= 11 is 0. The molecule has 1 aliphatic heterocycles. The number of para-hydroxylation sites is 5. The molecule has 13 aromatic carbocycles. The quantitative estimate of drug-likeness (QED) is 0.175. The number of aromatic nitrogens is 1. The maximum Gasteiger partial charge on any atom is 0.143 e. The summed E-state index contributed by atoms with van der Waals surface area (Å²) in [6.45, 7) is 0. The van der Waals surface area contributed by atoms with Crippen LogP contribution in [0.3, 0.4) is 0 Å². The van der Waals surface area contributed by atoms with Gasteiger partial charge in [-0.25, -0.2) is 0 Å². The highest BCUT2D eigenvalue weighted by Crippen LogP contribution is 2.66. The Morgan fingerprint density at radius 2 is 0.877 bits per heavy atom. The van der Waals surface area contributed by atoms with E-state index in [0.717, 1.165) is 50.1 Å². The van der Waals surface area contributed by atoms with Crippen LogP contribution in [-0.2, 0) is 10.8 Å². The van der Waals surface area contributed by atoms with Gasteiger partial charge in [0.1, 0.15) is 11.2 Å². The second kappa shape index (κ2) is 15.6.